The molecule has 0 saturated heterocycles. The Bertz CT molecular complexity index is 1430. The highest BCUT2D eigenvalue weighted by Gasteiger charge is 2.16. The molecule has 0 amide bonds. The quantitative estimate of drug-likeness (QED) is 0.306. The number of aromatic nitrogens is 2. The molecule has 0 radical (unpaired) electrons. The van der Waals surface area contributed by atoms with Gasteiger partial charge in [-0.2, -0.15) is 8.42 Å². The van der Waals surface area contributed by atoms with Crippen LogP contribution < -0.4 is 0 Å². The van der Waals surface area contributed by atoms with Crippen LogP contribution in [0, 0.1) is 0 Å². The maximum absolute atomic E-state index is 11.5. The van der Waals surface area contributed by atoms with Gasteiger partial charge < -0.3 is 0 Å². The van der Waals surface area contributed by atoms with E-state index in [-0.39, 0.29) is 4.90 Å². The van der Waals surface area contributed by atoms with Gasteiger partial charge in [0, 0.05) is 0 Å². The highest BCUT2D eigenvalue weighted by molar-refractivity contribution is 7.85. The molecule has 138 valence electrons. The van der Waals surface area contributed by atoms with Gasteiger partial charge in [0.1, 0.15) is 11.4 Å². The summed E-state index contributed by atoms with van der Waals surface area (Å²) < 4.78 is 32.2. The van der Waals surface area contributed by atoms with Crippen LogP contribution >= 0.6 is 22.7 Å². The van der Waals surface area contributed by atoms with Gasteiger partial charge in [-0.3, -0.25) is 4.55 Å². The molecule has 3 aromatic heterocycles. The average Bonchev–Trinajstić information content (AvgIpc) is 3.37. The molecule has 0 atom stereocenters. The molecule has 0 spiro atoms. The molecule has 2 aromatic carbocycles. The summed E-state index contributed by atoms with van der Waals surface area (Å²) in [5, 5.41) is 5.52. The molecule has 3 heterocycles. The van der Waals surface area contributed by atoms with Crippen LogP contribution in [0.2, 0.25) is 0 Å². The summed E-state index contributed by atoms with van der Waals surface area (Å²) in [6.45, 7) is 0. The van der Waals surface area contributed by atoms with Crippen LogP contribution in [0.15, 0.2) is 70.3 Å². The molecule has 28 heavy (non-hydrogen) atoms. The fourth-order valence-electron chi connectivity index (χ4n) is 3.11. The number of nitrogens with zero attached hydrogens (tertiary/aromatic N) is 2. The van der Waals surface area contributed by atoms with Crippen molar-refractivity contribution < 1.29 is 13.0 Å². The van der Waals surface area contributed by atoms with E-state index in [0.717, 1.165) is 32.0 Å². The van der Waals surface area contributed by atoms with Gasteiger partial charge in [-0.25, -0.2) is 9.97 Å². The normalized spacial score (nSPS) is 12.0. The van der Waals surface area contributed by atoms with Gasteiger partial charge in [-0.15, -0.1) is 22.7 Å². The molecule has 0 unspecified atom stereocenters. The number of rotatable bonds is 3. The van der Waals surface area contributed by atoms with E-state index in [1.165, 1.54) is 12.1 Å². The molecule has 0 fully saturated rings. The first-order valence-corrected chi connectivity index (χ1v) is 11.5. The van der Waals surface area contributed by atoms with Crippen molar-refractivity contribution in [3.05, 3.63) is 65.4 Å². The van der Waals surface area contributed by atoms with Crippen LogP contribution in [0.25, 0.3) is 42.9 Å². The number of hydrogen-bond donors (Lipinski definition) is 1. The molecule has 0 aliphatic heterocycles. The van der Waals surface area contributed by atoms with Crippen molar-refractivity contribution in [3.8, 4) is 21.1 Å². The van der Waals surface area contributed by atoms with Crippen molar-refractivity contribution >= 4 is 54.6 Å². The number of thiophene rings is 2. The maximum atomic E-state index is 11.5. The lowest BCUT2D eigenvalue weighted by Gasteiger charge is -2.09. The van der Waals surface area contributed by atoms with E-state index < -0.39 is 10.1 Å². The first kappa shape index (κ1) is 17.4. The second-order valence-electron chi connectivity index (χ2n) is 6.20. The number of benzene rings is 2. The lowest BCUT2D eigenvalue weighted by Crippen LogP contribution is -1.98. The molecule has 5 nitrogen and oxygen atoms in total. The van der Waals surface area contributed by atoms with Crippen LogP contribution in [-0.4, -0.2) is 22.9 Å². The summed E-state index contributed by atoms with van der Waals surface area (Å²) in [5.74, 6) is 0. The van der Waals surface area contributed by atoms with Crippen LogP contribution in [-0.2, 0) is 10.1 Å². The minimum Gasteiger partial charge on any atom is -0.282 e. The van der Waals surface area contributed by atoms with Gasteiger partial charge in [0.25, 0.3) is 10.1 Å². The summed E-state index contributed by atoms with van der Waals surface area (Å²) >= 11 is 3.21. The smallest absolute Gasteiger partial charge is 0.282 e. The van der Waals surface area contributed by atoms with Crippen molar-refractivity contribution in [2.45, 2.75) is 4.90 Å². The van der Waals surface area contributed by atoms with E-state index >= 15 is 0 Å². The lowest BCUT2D eigenvalue weighted by atomic mass is 10.1. The molecule has 5 rings (SSSR count). The molecule has 1 N–H and O–H groups in total. The predicted molar refractivity (Wildman–Crippen MR) is 113 cm³/mol. The van der Waals surface area contributed by atoms with Crippen molar-refractivity contribution in [2.24, 2.45) is 0 Å². The molecule has 5 aromatic rings. The minimum atomic E-state index is -4.26. The van der Waals surface area contributed by atoms with E-state index in [2.05, 4.69) is 0 Å². The zero-order chi connectivity index (χ0) is 19.3. The Kier molecular flexibility index (Phi) is 4.02. The third kappa shape index (κ3) is 3.00. The maximum Gasteiger partial charge on any atom is 0.294 e. The molecule has 0 saturated carbocycles. The standard InChI is InChI=1S/C20H12N2O3S3/c23-28(24,25)14-6-5-12-10-15-16(11-13(12)9-14)22-20(18-4-2-8-27-18)19(21-15)17-3-1-7-26-17/h1-11H,(H,23,24,25). The fraction of sp³-hybridized carbons (Fsp3) is 0. The van der Waals surface area contributed by atoms with E-state index in [1.54, 1.807) is 28.7 Å². The fourth-order valence-corrected chi connectivity index (χ4v) is 5.05. The van der Waals surface area contributed by atoms with Gasteiger partial charge in [-0.05, 0) is 57.9 Å². The van der Waals surface area contributed by atoms with Crippen LogP contribution in [0.5, 0.6) is 0 Å². The Hall–Kier alpha value is -2.65. The summed E-state index contributed by atoms with van der Waals surface area (Å²) in [6, 6.07) is 16.2. The molecular formula is C20H12N2O3S3. The minimum absolute atomic E-state index is 0.138. The van der Waals surface area contributed by atoms with E-state index in [4.69, 9.17) is 9.97 Å². The molecule has 0 aliphatic rings. The monoisotopic (exact) mass is 424 g/mol. The van der Waals surface area contributed by atoms with E-state index in [0.29, 0.717) is 10.9 Å². The molecule has 0 aliphatic carbocycles. The van der Waals surface area contributed by atoms with Crippen molar-refractivity contribution in [2.75, 3.05) is 0 Å². The zero-order valence-electron chi connectivity index (χ0n) is 14.2. The Balaban J connectivity index is 1.81. The van der Waals surface area contributed by atoms with E-state index in [9.17, 15) is 13.0 Å². The summed E-state index contributed by atoms with van der Waals surface area (Å²) in [4.78, 5) is 11.7. The van der Waals surface area contributed by atoms with Crippen LogP contribution in [0.3, 0.4) is 0 Å². The summed E-state index contributed by atoms with van der Waals surface area (Å²) in [5.41, 5.74) is 3.04. The van der Waals surface area contributed by atoms with Gasteiger partial charge >= 0.3 is 0 Å². The third-order valence-corrected chi connectivity index (χ3v) is 7.00. The van der Waals surface area contributed by atoms with Gasteiger partial charge in [0.15, 0.2) is 0 Å². The number of hydrogen-bond acceptors (Lipinski definition) is 6. The summed E-state index contributed by atoms with van der Waals surface area (Å²) in [6.07, 6.45) is 0. The Morgan fingerprint density at radius 1 is 0.750 bits per heavy atom. The van der Waals surface area contributed by atoms with Crippen LogP contribution in [0.4, 0.5) is 0 Å². The van der Waals surface area contributed by atoms with E-state index in [1.807, 2.05) is 47.2 Å². The Labute approximate surface area is 168 Å². The molecule has 0 bridgehead atoms. The third-order valence-electron chi connectivity index (χ3n) is 4.40. The second-order valence-corrected chi connectivity index (χ2v) is 9.52. The highest BCUT2D eigenvalue weighted by Crippen LogP contribution is 2.36. The van der Waals surface area contributed by atoms with Crippen molar-refractivity contribution in [1.82, 2.24) is 9.97 Å². The average molecular weight is 425 g/mol. The van der Waals surface area contributed by atoms with Gasteiger partial charge in [0.2, 0.25) is 0 Å². The number of fused-ring (bicyclic) bond motifs is 2. The van der Waals surface area contributed by atoms with Crippen molar-refractivity contribution in [1.29, 1.82) is 0 Å². The molecule has 8 heteroatoms. The zero-order valence-corrected chi connectivity index (χ0v) is 16.7. The Morgan fingerprint density at radius 2 is 1.32 bits per heavy atom. The largest absolute Gasteiger partial charge is 0.294 e. The molecular weight excluding hydrogens is 412 g/mol. The van der Waals surface area contributed by atoms with Crippen LogP contribution in [0.1, 0.15) is 0 Å². The summed E-state index contributed by atoms with van der Waals surface area (Å²) in [7, 11) is -4.26. The Morgan fingerprint density at radius 3 is 1.82 bits per heavy atom. The lowest BCUT2D eigenvalue weighted by molar-refractivity contribution is 0.483. The first-order valence-electron chi connectivity index (χ1n) is 8.30. The first-order chi connectivity index (χ1) is 13.5. The topological polar surface area (TPSA) is 80.2 Å². The predicted octanol–water partition coefficient (Wildman–Crippen LogP) is 5.49. The van der Waals surface area contributed by atoms with Gasteiger partial charge in [-0.1, -0.05) is 18.2 Å². The highest BCUT2D eigenvalue weighted by atomic mass is 32.2. The van der Waals surface area contributed by atoms with Crippen molar-refractivity contribution in [3.63, 3.8) is 0 Å². The second kappa shape index (κ2) is 6.46. The SMILES string of the molecule is O=S(=O)(O)c1ccc2cc3nc(-c4cccs4)c(-c4cccs4)nc3cc2c1. The van der Waals surface area contributed by atoms with Gasteiger partial charge in [0.05, 0.1) is 25.7 Å².